The van der Waals surface area contributed by atoms with Crippen LogP contribution in [-0.2, 0) is 7.05 Å². The number of aryl methyl sites for hydroxylation is 1. The van der Waals surface area contributed by atoms with Crippen LogP contribution in [0.2, 0.25) is 0 Å². The standard InChI is InChI=1S/C15H11B3N6O/c1-24-11-7-8(4-5-9(11)14(23-24)25-15(16,17)18)20-13-12-10(21-22-13)3-2-6-19-12/h2-7H,1H3,(H2,20,21,22). The Kier molecular flexibility index (Phi) is 3.49. The Bertz CT molecular complexity index is 1070. The third-order valence-electron chi connectivity index (χ3n) is 3.67. The van der Waals surface area contributed by atoms with Gasteiger partial charge in [0.25, 0.3) is 0 Å². The van der Waals surface area contributed by atoms with Crippen LogP contribution in [0.1, 0.15) is 0 Å². The van der Waals surface area contributed by atoms with Crippen molar-refractivity contribution in [2.24, 2.45) is 7.05 Å². The molecular formula is C15H11B3N6O. The zero-order valence-corrected chi connectivity index (χ0v) is 13.4. The van der Waals surface area contributed by atoms with Crippen molar-refractivity contribution in [1.82, 2.24) is 25.0 Å². The van der Waals surface area contributed by atoms with Gasteiger partial charge in [-0.1, -0.05) is 0 Å². The highest BCUT2D eigenvalue weighted by molar-refractivity contribution is 6.58. The monoisotopic (exact) mass is 324 g/mol. The molecule has 2 N–H and O–H groups in total. The predicted octanol–water partition coefficient (Wildman–Crippen LogP) is 1.08. The highest BCUT2D eigenvalue weighted by atomic mass is 16.5. The summed E-state index contributed by atoms with van der Waals surface area (Å²) in [5.74, 6) is 0.905. The summed E-state index contributed by atoms with van der Waals surface area (Å²) in [6, 6.07) is 9.37. The summed E-state index contributed by atoms with van der Waals surface area (Å²) in [7, 11) is 18.3. The minimum atomic E-state index is -1.79. The SMILES string of the molecule is [B]C([B])([B])Oc1nn(C)c2cc(Nc3n[nH]c4cccnc34)ccc12. The quantitative estimate of drug-likeness (QED) is 0.549. The van der Waals surface area contributed by atoms with Crippen molar-refractivity contribution >= 4 is 57.0 Å². The van der Waals surface area contributed by atoms with Crippen LogP contribution in [0.15, 0.2) is 36.5 Å². The van der Waals surface area contributed by atoms with Crippen LogP contribution < -0.4 is 10.1 Å². The zero-order valence-electron chi connectivity index (χ0n) is 13.4. The molecule has 0 atom stereocenters. The molecule has 4 aromatic rings. The normalized spacial score (nSPS) is 11.9. The predicted molar refractivity (Wildman–Crippen MR) is 98.5 cm³/mol. The van der Waals surface area contributed by atoms with Crippen LogP contribution in [-0.4, -0.2) is 53.8 Å². The van der Waals surface area contributed by atoms with E-state index >= 15 is 0 Å². The molecule has 0 bridgehead atoms. The maximum absolute atomic E-state index is 5.49. The first-order valence-electron chi connectivity index (χ1n) is 7.49. The number of fused-ring (bicyclic) bond motifs is 2. The first kappa shape index (κ1) is 15.6. The molecule has 25 heavy (non-hydrogen) atoms. The fourth-order valence-corrected chi connectivity index (χ4v) is 2.62. The molecule has 0 unspecified atom stereocenters. The van der Waals surface area contributed by atoms with Gasteiger partial charge in [-0.3, -0.25) is 14.8 Å². The van der Waals surface area contributed by atoms with Crippen LogP contribution in [0, 0.1) is 0 Å². The summed E-state index contributed by atoms with van der Waals surface area (Å²) in [5, 5.41) is 13.6. The summed E-state index contributed by atoms with van der Waals surface area (Å²) < 4.78 is 6.95. The Balaban J connectivity index is 1.71. The fourth-order valence-electron chi connectivity index (χ4n) is 2.62. The van der Waals surface area contributed by atoms with E-state index < -0.39 is 5.30 Å². The van der Waals surface area contributed by atoms with Crippen molar-refractivity contribution in [3.8, 4) is 5.88 Å². The molecule has 0 saturated carbocycles. The third-order valence-corrected chi connectivity index (χ3v) is 3.67. The van der Waals surface area contributed by atoms with E-state index in [1.54, 1.807) is 17.9 Å². The summed E-state index contributed by atoms with van der Waals surface area (Å²) in [6.07, 6.45) is 1.72. The Hall–Kier alpha value is -2.90. The van der Waals surface area contributed by atoms with Crippen LogP contribution >= 0.6 is 0 Å². The van der Waals surface area contributed by atoms with Gasteiger partial charge in [0.15, 0.2) is 5.82 Å². The topological polar surface area (TPSA) is 80.6 Å². The number of benzene rings is 1. The van der Waals surface area contributed by atoms with Crippen molar-refractivity contribution in [3.63, 3.8) is 0 Å². The lowest BCUT2D eigenvalue weighted by Crippen LogP contribution is -2.37. The molecule has 3 aromatic heterocycles. The van der Waals surface area contributed by atoms with Crippen LogP contribution in [0.3, 0.4) is 0 Å². The lowest BCUT2D eigenvalue weighted by Gasteiger charge is -2.21. The van der Waals surface area contributed by atoms with Crippen molar-refractivity contribution in [2.75, 3.05) is 5.32 Å². The van der Waals surface area contributed by atoms with Gasteiger partial charge in [-0.05, 0) is 35.6 Å². The number of aromatic nitrogens is 5. The van der Waals surface area contributed by atoms with Crippen LogP contribution in [0.25, 0.3) is 21.9 Å². The molecular weight excluding hydrogens is 313 g/mol. The van der Waals surface area contributed by atoms with Crippen molar-refractivity contribution in [1.29, 1.82) is 0 Å². The number of pyridine rings is 1. The summed E-state index contributed by atoms with van der Waals surface area (Å²) >= 11 is 0. The Morgan fingerprint density at radius 1 is 1.24 bits per heavy atom. The number of H-pyrrole nitrogens is 1. The first-order chi connectivity index (χ1) is 11.9. The molecule has 0 amide bonds. The first-order valence-corrected chi connectivity index (χ1v) is 7.49. The average Bonchev–Trinajstić information content (AvgIpc) is 3.08. The molecule has 0 aliphatic carbocycles. The molecule has 0 aliphatic heterocycles. The van der Waals surface area contributed by atoms with Gasteiger partial charge in [0.2, 0.25) is 5.88 Å². The number of anilines is 2. The Morgan fingerprint density at radius 3 is 2.88 bits per heavy atom. The average molecular weight is 324 g/mol. The number of hydrogen-bond donors (Lipinski definition) is 2. The lowest BCUT2D eigenvalue weighted by molar-refractivity contribution is 0.305. The lowest BCUT2D eigenvalue weighted by atomic mass is 9.52. The number of ether oxygens (including phenoxy) is 1. The number of nitrogens with zero attached hydrogens (tertiary/aromatic N) is 4. The highest BCUT2D eigenvalue weighted by Gasteiger charge is 2.17. The van der Waals surface area contributed by atoms with E-state index in [1.165, 1.54) is 0 Å². The van der Waals surface area contributed by atoms with E-state index in [0.29, 0.717) is 5.82 Å². The molecule has 7 nitrogen and oxygen atoms in total. The summed E-state index contributed by atoms with van der Waals surface area (Å²) in [6.45, 7) is 0. The molecule has 3 heterocycles. The van der Waals surface area contributed by atoms with E-state index in [9.17, 15) is 0 Å². The molecule has 4 rings (SSSR count). The van der Waals surface area contributed by atoms with Crippen molar-refractivity contribution in [3.05, 3.63) is 36.5 Å². The van der Waals surface area contributed by atoms with E-state index in [0.717, 1.165) is 27.6 Å². The summed E-state index contributed by atoms with van der Waals surface area (Å²) in [5.41, 5.74) is 3.25. The van der Waals surface area contributed by atoms with Gasteiger partial charge >= 0.3 is 0 Å². The van der Waals surface area contributed by atoms with E-state index in [2.05, 4.69) is 25.6 Å². The second-order valence-electron chi connectivity index (χ2n) is 5.71. The Morgan fingerprint density at radius 2 is 2.08 bits per heavy atom. The van der Waals surface area contributed by atoms with E-state index in [4.69, 9.17) is 28.3 Å². The molecule has 0 saturated heterocycles. The summed E-state index contributed by atoms with van der Waals surface area (Å²) in [4.78, 5) is 4.33. The van der Waals surface area contributed by atoms with Crippen LogP contribution in [0.5, 0.6) is 5.88 Å². The Labute approximate surface area is 147 Å². The second-order valence-corrected chi connectivity index (χ2v) is 5.71. The van der Waals surface area contributed by atoms with E-state index in [-0.39, 0.29) is 5.88 Å². The molecule has 10 heteroatoms. The van der Waals surface area contributed by atoms with Gasteiger partial charge in [0.1, 0.15) is 29.1 Å². The maximum atomic E-state index is 5.49. The number of rotatable bonds is 4. The van der Waals surface area contributed by atoms with E-state index in [1.807, 2.05) is 30.3 Å². The van der Waals surface area contributed by atoms with Crippen molar-refractivity contribution < 1.29 is 4.74 Å². The van der Waals surface area contributed by atoms with Gasteiger partial charge in [-0.2, -0.15) is 5.10 Å². The number of nitrogens with one attached hydrogen (secondary N) is 2. The smallest absolute Gasteiger partial charge is 0.239 e. The molecule has 0 spiro atoms. The third kappa shape index (κ3) is 2.95. The fraction of sp³-hybridized carbons (Fsp3) is 0.133. The van der Waals surface area contributed by atoms with Gasteiger partial charge in [0.05, 0.1) is 16.4 Å². The molecule has 0 aliphatic rings. The second kappa shape index (κ2) is 5.58. The maximum Gasteiger partial charge on any atom is 0.239 e. The van der Waals surface area contributed by atoms with Gasteiger partial charge in [-0.15, -0.1) is 5.10 Å². The molecule has 6 radical (unpaired) electrons. The minimum absolute atomic E-state index is 0.267. The molecule has 116 valence electrons. The number of hydrogen-bond acceptors (Lipinski definition) is 5. The number of aromatic amines is 1. The zero-order chi connectivity index (χ0) is 17.6. The van der Waals surface area contributed by atoms with Crippen molar-refractivity contribution in [2.45, 2.75) is 5.30 Å². The highest BCUT2D eigenvalue weighted by Crippen LogP contribution is 2.30. The van der Waals surface area contributed by atoms with Gasteiger partial charge < -0.3 is 10.1 Å². The van der Waals surface area contributed by atoms with Crippen LogP contribution in [0.4, 0.5) is 11.5 Å². The molecule has 0 fully saturated rings. The molecule has 1 aromatic carbocycles. The largest absolute Gasteiger partial charge is 0.499 e. The van der Waals surface area contributed by atoms with Gasteiger partial charge in [0, 0.05) is 18.9 Å². The van der Waals surface area contributed by atoms with Gasteiger partial charge in [-0.25, -0.2) is 0 Å². The minimum Gasteiger partial charge on any atom is -0.499 e.